The number of hydrogen-bond acceptors (Lipinski definition) is 7. The molecule has 3 aromatic heterocycles. The molecule has 0 saturated carbocycles. The molecule has 2 N–H and O–H groups in total. The molecule has 0 amide bonds. The summed E-state index contributed by atoms with van der Waals surface area (Å²) < 4.78 is 15.7. The molecular weight excluding hydrogens is 397 g/mol. The number of nitriles is 1. The number of rotatable bonds is 4. The lowest BCUT2D eigenvalue weighted by atomic mass is 10.2. The molecule has 29 heavy (non-hydrogen) atoms. The van der Waals surface area contributed by atoms with Gasteiger partial charge in [0.2, 0.25) is 0 Å². The van der Waals surface area contributed by atoms with Crippen LogP contribution in [0.1, 0.15) is 17.1 Å². The molecule has 8 nitrogen and oxygen atoms in total. The molecule has 0 spiro atoms. The second-order valence-corrected chi connectivity index (χ2v) is 6.52. The van der Waals surface area contributed by atoms with Gasteiger partial charge in [-0.25, -0.2) is 24.0 Å². The number of para-hydroxylation sites is 1. The SMILES string of the molecule is Cc1nc(CO)cc(Nc2ncc(F)c3nn(-c4c(Cl)cccc4C#N)cc23)n1. The summed E-state index contributed by atoms with van der Waals surface area (Å²) in [5, 5.41) is 26.6. The molecule has 0 fully saturated rings. The van der Waals surface area contributed by atoms with Crippen molar-refractivity contribution in [2.45, 2.75) is 13.5 Å². The fraction of sp³-hybridized carbons (Fsp3) is 0.105. The van der Waals surface area contributed by atoms with Crippen LogP contribution in [0.2, 0.25) is 5.02 Å². The van der Waals surface area contributed by atoms with Crippen LogP contribution < -0.4 is 5.32 Å². The van der Waals surface area contributed by atoms with Gasteiger partial charge in [-0.1, -0.05) is 17.7 Å². The zero-order chi connectivity index (χ0) is 20.5. The van der Waals surface area contributed by atoms with Crippen LogP contribution in [0.5, 0.6) is 0 Å². The van der Waals surface area contributed by atoms with Crippen molar-refractivity contribution >= 4 is 34.1 Å². The molecule has 0 aliphatic heterocycles. The van der Waals surface area contributed by atoms with Crippen molar-refractivity contribution in [3.8, 4) is 11.8 Å². The van der Waals surface area contributed by atoms with Crippen molar-refractivity contribution < 1.29 is 9.50 Å². The maximum atomic E-state index is 14.4. The topological polar surface area (TPSA) is 113 Å². The van der Waals surface area contributed by atoms with Gasteiger partial charge in [0.1, 0.15) is 34.7 Å². The van der Waals surface area contributed by atoms with Gasteiger partial charge in [0.15, 0.2) is 5.82 Å². The van der Waals surface area contributed by atoms with Gasteiger partial charge in [0.05, 0.1) is 34.5 Å². The van der Waals surface area contributed by atoms with Crippen LogP contribution in [0, 0.1) is 24.1 Å². The fourth-order valence-electron chi connectivity index (χ4n) is 2.92. The Morgan fingerprint density at radius 3 is 2.93 bits per heavy atom. The number of aryl methyl sites for hydroxylation is 1. The van der Waals surface area contributed by atoms with Crippen molar-refractivity contribution in [3.63, 3.8) is 0 Å². The summed E-state index contributed by atoms with van der Waals surface area (Å²) in [5.74, 6) is 0.540. The van der Waals surface area contributed by atoms with Crippen molar-refractivity contribution in [1.82, 2.24) is 24.7 Å². The number of anilines is 2. The first kappa shape index (κ1) is 18.7. The van der Waals surface area contributed by atoms with E-state index in [2.05, 4.69) is 31.4 Å². The summed E-state index contributed by atoms with van der Waals surface area (Å²) in [5.41, 5.74) is 1.13. The lowest BCUT2D eigenvalue weighted by Crippen LogP contribution is -2.02. The molecule has 10 heteroatoms. The molecule has 1 aromatic carbocycles. The van der Waals surface area contributed by atoms with E-state index in [0.29, 0.717) is 44.8 Å². The highest BCUT2D eigenvalue weighted by Gasteiger charge is 2.17. The minimum atomic E-state index is -0.621. The molecule has 0 unspecified atom stereocenters. The molecule has 0 bridgehead atoms. The third-order valence-electron chi connectivity index (χ3n) is 4.14. The number of pyridine rings is 1. The Bertz CT molecular complexity index is 1280. The van der Waals surface area contributed by atoms with Crippen LogP contribution in [0.15, 0.2) is 36.7 Å². The van der Waals surface area contributed by atoms with Crippen molar-refractivity contribution in [3.05, 3.63) is 64.6 Å². The van der Waals surface area contributed by atoms with E-state index in [9.17, 15) is 14.8 Å². The number of nitrogens with zero attached hydrogens (tertiary/aromatic N) is 6. The minimum absolute atomic E-state index is 0.0551. The van der Waals surface area contributed by atoms with Crippen molar-refractivity contribution in [1.29, 1.82) is 5.26 Å². The second-order valence-electron chi connectivity index (χ2n) is 6.11. The van der Waals surface area contributed by atoms with E-state index in [4.69, 9.17) is 11.6 Å². The number of halogens is 2. The number of hydrogen-bond donors (Lipinski definition) is 2. The molecule has 144 valence electrons. The highest BCUT2D eigenvalue weighted by Crippen LogP contribution is 2.29. The van der Waals surface area contributed by atoms with Gasteiger partial charge >= 0.3 is 0 Å². The Morgan fingerprint density at radius 2 is 2.17 bits per heavy atom. The van der Waals surface area contributed by atoms with E-state index in [1.54, 1.807) is 31.2 Å². The van der Waals surface area contributed by atoms with Gasteiger partial charge < -0.3 is 10.4 Å². The first-order chi connectivity index (χ1) is 14.0. The van der Waals surface area contributed by atoms with Gasteiger partial charge in [-0.15, -0.1) is 0 Å². The average Bonchev–Trinajstić information content (AvgIpc) is 3.15. The van der Waals surface area contributed by atoms with E-state index in [1.165, 1.54) is 10.9 Å². The fourth-order valence-corrected chi connectivity index (χ4v) is 3.19. The second kappa shape index (κ2) is 7.43. The molecule has 0 aliphatic carbocycles. The summed E-state index contributed by atoms with van der Waals surface area (Å²) >= 11 is 6.25. The van der Waals surface area contributed by atoms with Gasteiger partial charge in [-0.2, -0.15) is 10.4 Å². The van der Waals surface area contributed by atoms with Crippen LogP contribution in [-0.2, 0) is 6.61 Å². The Morgan fingerprint density at radius 1 is 1.34 bits per heavy atom. The Kier molecular flexibility index (Phi) is 4.80. The van der Waals surface area contributed by atoms with Crippen molar-refractivity contribution in [2.24, 2.45) is 0 Å². The Labute approximate surface area is 169 Å². The Balaban J connectivity index is 1.86. The minimum Gasteiger partial charge on any atom is -0.390 e. The van der Waals surface area contributed by atoms with Gasteiger partial charge in [0.25, 0.3) is 0 Å². The van der Waals surface area contributed by atoms with Crippen molar-refractivity contribution in [2.75, 3.05) is 5.32 Å². The summed E-state index contributed by atoms with van der Waals surface area (Å²) in [4.78, 5) is 12.5. The van der Waals surface area contributed by atoms with Gasteiger partial charge in [0, 0.05) is 12.3 Å². The predicted molar refractivity (Wildman–Crippen MR) is 105 cm³/mol. The predicted octanol–water partition coefficient (Wildman–Crippen LogP) is 3.42. The molecule has 0 radical (unpaired) electrons. The highest BCUT2D eigenvalue weighted by molar-refractivity contribution is 6.32. The van der Waals surface area contributed by atoms with E-state index in [0.717, 1.165) is 6.20 Å². The number of fused-ring (bicyclic) bond motifs is 1. The maximum Gasteiger partial charge on any atom is 0.169 e. The normalized spacial score (nSPS) is 10.9. The number of nitrogens with one attached hydrogen (secondary N) is 1. The highest BCUT2D eigenvalue weighted by atomic mass is 35.5. The zero-order valence-corrected chi connectivity index (χ0v) is 15.8. The summed E-state index contributed by atoms with van der Waals surface area (Å²) in [6, 6.07) is 8.50. The Hall–Kier alpha value is -3.61. The molecule has 3 heterocycles. The first-order valence-electron chi connectivity index (χ1n) is 8.45. The van der Waals surface area contributed by atoms with E-state index < -0.39 is 5.82 Å². The van der Waals surface area contributed by atoms with E-state index in [1.807, 2.05) is 0 Å². The lowest BCUT2D eigenvalue weighted by molar-refractivity contribution is 0.276. The van der Waals surface area contributed by atoms with Crippen LogP contribution in [0.4, 0.5) is 16.0 Å². The molecule has 0 aliphatic rings. The quantitative estimate of drug-likeness (QED) is 0.531. The zero-order valence-electron chi connectivity index (χ0n) is 15.1. The average molecular weight is 410 g/mol. The lowest BCUT2D eigenvalue weighted by Gasteiger charge is -2.08. The molecule has 0 atom stereocenters. The molecular formula is C19H13ClFN7O. The summed E-state index contributed by atoms with van der Waals surface area (Å²) in [7, 11) is 0. The third-order valence-corrected chi connectivity index (χ3v) is 4.44. The van der Waals surface area contributed by atoms with E-state index >= 15 is 0 Å². The number of aliphatic hydroxyl groups excluding tert-OH is 1. The van der Waals surface area contributed by atoms with Gasteiger partial charge in [-0.3, -0.25) is 0 Å². The number of aromatic nitrogens is 5. The molecule has 4 aromatic rings. The van der Waals surface area contributed by atoms with Crippen LogP contribution in [0.3, 0.4) is 0 Å². The monoisotopic (exact) mass is 409 g/mol. The smallest absolute Gasteiger partial charge is 0.169 e. The maximum absolute atomic E-state index is 14.4. The van der Waals surface area contributed by atoms with Crippen LogP contribution >= 0.6 is 11.6 Å². The van der Waals surface area contributed by atoms with Crippen LogP contribution in [0.25, 0.3) is 16.6 Å². The van der Waals surface area contributed by atoms with Gasteiger partial charge in [-0.05, 0) is 19.1 Å². The summed E-state index contributed by atoms with van der Waals surface area (Å²) in [6.07, 6.45) is 2.58. The molecule has 0 saturated heterocycles. The standard InChI is InChI=1S/C19H13ClFN7O/c1-10-24-12(9-29)5-16(25-10)26-19-13-8-28(27-17(13)15(21)7-23-19)18-11(6-22)3-2-4-14(18)20/h2-5,7-8,29H,9H2,1H3,(H,23,24,25,26). The van der Waals surface area contributed by atoms with E-state index in [-0.39, 0.29) is 12.1 Å². The number of aliphatic hydroxyl groups is 1. The number of benzene rings is 1. The first-order valence-corrected chi connectivity index (χ1v) is 8.83. The third kappa shape index (κ3) is 3.47. The summed E-state index contributed by atoms with van der Waals surface area (Å²) in [6.45, 7) is 1.45. The van der Waals surface area contributed by atoms with Crippen LogP contribution in [-0.4, -0.2) is 29.8 Å². The largest absolute Gasteiger partial charge is 0.390 e. The molecule has 4 rings (SSSR count).